The third kappa shape index (κ3) is 3.16. The molecule has 1 heterocycles. The van der Waals surface area contributed by atoms with Crippen molar-refractivity contribution in [3.8, 4) is 5.75 Å². The van der Waals surface area contributed by atoms with Crippen LogP contribution in [0, 0.1) is 0 Å². The number of nitrogens with two attached hydrogens (primary N) is 1. The molecule has 0 unspecified atom stereocenters. The Labute approximate surface area is 95.7 Å². The third-order valence-electron chi connectivity index (χ3n) is 2.24. The number of pyridine rings is 1. The molecule has 0 spiro atoms. The van der Waals surface area contributed by atoms with Crippen molar-refractivity contribution in [3.63, 3.8) is 0 Å². The molecule has 2 N–H and O–H groups in total. The Hall–Kier alpha value is -1.16. The lowest BCUT2D eigenvalue weighted by atomic mass is 10.1. The van der Waals surface area contributed by atoms with Crippen LogP contribution in [0.2, 0.25) is 0 Å². The van der Waals surface area contributed by atoms with Crippen LogP contribution in [0.15, 0.2) is 18.3 Å². The molecule has 0 aliphatic rings. The zero-order chi connectivity index (χ0) is 11.5. The summed E-state index contributed by atoms with van der Waals surface area (Å²) in [5.41, 5.74) is 5.88. The van der Waals surface area contributed by atoms with Crippen molar-refractivity contribution in [3.05, 3.63) is 24.0 Å². The molecule has 1 aromatic heterocycles. The van der Waals surface area contributed by atoms with Gasteiger partial charge < -0.3 is 10.5 Å². The lowest BCUT2D eigenvalue weighted by molar-refractivity contribution is 0.104. The van der Waals surface area contributed by atoms with Crippen molar-refractivity contribution < 1.29 is 4.74 Å². The van der Waals surface area contributed by atoms with Crippen LogP contribution < -0.4 is 10.5 Å². The highest BCUT2D eigenvalue weighted by Gasteiger charge is 2.19. The fraction of sp³-hybridized carbons (Fsp3) is 0.455. The Morgan fingerprint density at radius 2 is 2.27 bits per heavy atom. The number of thiocarbonyl (C=S) groups is 1. The second-order valence-electron chi connectivity index (χ2n) is 3.93. The normalized spacial score (nSPS) is 11.1. The summed E-state index contributed by atoms with van der Waals surface area (Å²) in [4.78, 5) is 4.37. The first-order valence-electron chi connectivity index (χ1n) is 4.90. The first kappa shape index (κ1) is 11.9. The van der Waals surface area contributed by atoms with Crippen LogP contribution in [0.1, 0.15) is 32.9 Å². The Kier molecular flexibility index (Phi) is 3.63. The fourth-order valence-corrected chi connectivity index (χ4v) is 1.18. The second-order valence-corrected chi connectivity index (χ2v) is 4.37. The first-order valence-corrected chi connectivity index (χ1v) is 5.31. The zero-order valence-electron chi connectivity index (χ0n) is 9.28. The minimum Gasteiger partial charge on any atom is -0.485 e. The molecule has 0 radical (unpaired) electrons. The van der Waals surface area contributed by atoms with E-state index in [1.54, 1.807) is 6.20 Å². The SMILES string of the molecule is CCC(C)(C)Oc1cccnc1C(N)=S. The van der Waals surface area contributed by atoms with Gasteiger partial charge in [-0.3, -0.25) is 0 Å². The van der Waals surface area contributed by atoms with E-state index < -0.39 is 0 Å². The van der Waals surface area contributed by atoms with Gasteiger partial charge in [-0.1, -0.05) is 19.1 Å². The number of hydrogen-bond donors (Lipinski definition) is 1. The maximum absolute atomic E-state index is 5.81. The van der Waals surface area contributed by atoms with E-state index in [2.05, 4.69) is 11.9 Å². The summed E-state index contributed by atoms with van der Waals surface area (Å²) in [5.74, 6) is 0.650. The van der Waals surface area contributed by atoms with Gasteiger partial charge in [-0.2, -0.15) is 0 Å². The van der Waals surface area contributed by atoms with E-state index in [0.29, 0.717) is 11.4 Å². The highest BCUT2D eigenvalue weighted by Crippen LogP contribution is 2.23. The predicted octanol–water partition coefficient (Wildman–Crippen LogP) is 2.28. The van der Waals surface area contributed by atoms with Crippen LogP contribution in [-0.2, 0) is 0 Å². The fourth-order valence-electron chi connectivity index (χ4n) is 1.03. The zero-order valence-corrected chi connectivity index (χ0v) is 10.1. The van der Waals surface area contributed by atoms with E-state index in [1.807, 2.05) is 26.0 Å². The van der Waals surface area contributed by atoms with E-state index in [9.17, 15) is 0 Å². The van der Waals surface area contributed by atoms with E-state index in [1.165, 1.54) is 0 Å². The molecule has 1 rings (SSSR count). The van der Waals surface area contributed by atoms with Gasteiger partial charge in [-0.25, -0.2) is 4.98 Å². The topological polar surface area (TPSA) is 48.1 Å². The molecule has 0 aromatic carbocycles. The molecule has 0 aliphatic carbocycles. The van der Waals surface area contributed by atoms with Crippen molar-refractivity contribution in [1.29, 1.82) is 0 Å². The van der Waals surface area contributed by atoms with Crippen LogP contribution in [0.4, 0.5) is 0 Å². The molecule has 0 saturated carbocycles. The summed E-state index contributed by atoms with van der Waals surface area (Å²) in [5, 5.41) is 0. The van der Waals surface area contributed by atoms with Gasteiger partial charge in [0.25, 0.3) is 0 Å². The molecular formula is C11H16N2OS. The van der Waals surface area contributed by atoms with E-state index >= 15 is 0 Å². The van der Waals surface area contributed by atoms with Crippen LogP contribution in [0.3, 0.4) is 0 Å². The standard InChI is InChI=1S/C11H16N2OS/c1-4-11(2,3)14-8-6-5-7-13-9(8)10(12)15/h5-7H,4H2,1-3H3,(H2,12,15). The molecule has 3 nitrogen and oxygen atoms in total. The van der Waals surface area contributed by atoms with Gasteiger partial charge in [0.05, 0.1) is 0 Å². The Morgan fingerprint density at radius 3 is 2.80 bits per heavy atom. The summed E-state index contributed by atoms with van der Waals surface area (Å²) in [6.07, 6.45) is 2.55. The Bertz CT molecular complexity index is 363. The number of nitrogens with zero attached hydrogens (tertiary/aromatic N) is 1. The quantitative estimate of drug-likeness (QED) is 0.797. The van der Waals surface area contributed by atoms with Crippen molar-refractivity contribution >= 4 is 17.2 Å². The third-order valence-corrected chi connectivity index (χ3v) is 2.44. The minimum absolute atomic E-state index is 0.234. The second kappa shape index (κ2) is 4.57. The molecule has 0 atom stereocenters. The number of rotatable bonds is 4. The van der Waals surface area contributed by atoms with Crippen LogP contribution in [0.5, 0.6) is 5.75 Å². The van der Waals surface area contributed by atoms with Crippen molar-refractivity contribution in [2.75, 3.05) is 0 Å². The van der Waals surface area contributed by atoms with Crippen molar-refractivity contribution in [1.82, 2.24) is 4.98 Å². The molecule has 0 amide bonds. The van der Waals surface area contributed by atoms with E-state index in [0.717, 1.165) is 6.42 Å². The van der Waals surface area contributed by atoms with Crippen molar-refractivity contribution in [2.45, 2.75) is 32.8 Å². The van der Waals surface area contributed by atoms with Gasteiger partial charge in [0.1, 0.15) is 22.0 Å². The molecule has 4 heteroatoms. The van der Waals surface area contributed by atoms with Crippen LogP contribution in [0.25, 0.3) is 0 Å². The van der Waals surface area contributed by atoms with Crippen LogP contribution >= 0.6 is 12.2 Å². The summed E-state index contributed by atoms with van der Waals surface area (Å²) in [7, 11) is 0. The molecular weight excluding hydrogens is 208 g/mol. The lowest BCUT2D eigenvalue weighted by Gasteiger charge is -2.25. The average Bonchev–Trinajstić information content (AvgIpc) is 2.18. The lowest BCUT2D eigenvalue weighted by Crippen LogP contribution is -2.28. The van der Waals surface area contributed by atoms with E-state index in [-0.39, 0.29) is 10.6 Å². The molecule has 0 aliphatic heterocycles. The smallest absolute Gasteiger partial charge is 0.148 e. The van der Waals surface area contributed by atoms with Gasteiger partial charge in [0.15, 0.2) is 0 Å². The minimum atomic E-state index is -0.234. The summed E-state index contributed by atoms with van der Waals surface area (Å²) >= 11 is 4.91. The maximum atomic E-state index is 5.81. The Balaban J connectivity index is 2.99. The van der Waals surface area contributed by atoms with Gasteiger partial charge in [0.2, 0.25) is 0 Å². The van der Waals surface area contributed by atoms with Gasteiger partial charge >= 0.3 is 0 Å². The summed E-state index contributed by atoms with van der Waals surface area (Å²) < 4.78 is 5.81. The number of ether oxygens (including phenoxy) is 1. The van der Waals surface area contributed by atoms with Crippen LogP contribution in [-0.4, -0.2) is 15.6 Å². The molecule has 15 heavy (non-hydrogen) atoms. The molecule has 0 saturated heterocycles. The van der Waals surface area contributed by atoms with E-state index in [4.69, 9.17) is 22.7 Å². The summed E-state index contributed by atoms with van der Waals surface area (Å²) in [6, 6.07) is 3.64. The van der Waals surface area contributed by atoms with Crippen molar-refractivity contribution in [2.24, 2.45) is 5.73 Å². The summed E-state index contributed by atoms with van der Waals surface area (Å²) in [6.45, 7) is 6.10. The molecule has 0 bridgehead atoms. The number of hydrogen-bond acceptors (Lipinski definition) is 3. The number of aromatic nitrogens is 1. The Morgan fingerprint density at radius 1 is 1.60 bits per heavy atom. The molecule has 1 aromatic rings. The molecule has 0 fully saturated rings. The first-order chi connectivity index (χ1) is 6.96. The highest BCUT2D eigenvalue weighted by atomic mass is 32.1. The monoisotopic (exact) mass is 224 g/mol. The van der Waals surface area contributed by atoms with Gasteiger partial charge in [0, 0.05) is 6.20 Å². The molecule has 82 valence electrons. The predicted molar refractivity (Wildman–Crippen MR) is 65.1 cm³/mol. The van der Waals surface area contributed by atoms with Gasteiger partial charge in [-0.05, 0) is 32.4 Å². The largest absolute Gasteiger partial charge is 0.485 e. The highest BCUT2D eigenvalue weighted by molar-refractivity contribution is 7.80. The maximum Gasteiger partial charge on any atom is 0.148 e. The van der Waals surface area contributed by atoms with Gasteiger partial charge in [-0.15, -0.1) is 0 Å². The average molecular weight is 224 g/mol.